The van der Waals surface area contributed by atoms with Crippen LogP contribution >= 0.6 is 0 Å². The minimum atomic E-state index is -2.24. The van der Waals surface area contributed by atoms with Crippen LogP contribution in [0.25, 0.3) is 0 Å². The highest BCUT2D eigenvalue weighted by Gasteiger charge is 2.46. The van der Waals surface area contributed by atoms with Crippen molar-refractivity contribution in [2.45, 2.75) is 74.6 Å². The minimum absolute atomic E-state index is 0.224. The van der Waals surface area contributed by atoms with Crippen LogP contribution in [0.15, 0.2) is 23.5 Å². The Hall–Kier alpha value is -2.06. The second kappa shape index (κ2) is 10.8. The number of cyclic esters (lactones) is 1. The lowest BCUT2D eigenvalue weighted by molar-refractivity contribution is -0.150. The minimum Gasteiger partial charge on any atom is -0.454 e. The Kier molecular flexibility index (Phi) is 9.36. The predicted octanol–water partition coefficient (Wildman–Crippen LogP) is -4.00. The van der Waals surface area contributed by atoms with Gasteiger partial charge in [0.25, 0.3) is 0 Å². The molecule has 6 unspecified atom stereocenters. The van der Waals surface area contributed by atoms with Gasteiger partial charge in [0.15, 0.2) is 5.78 Å². The standard InChI is InChI=1S/C18H37N9O3/c1-2-9(20)11-7-6-8(19)4-3-5-10(21)12(22)13(23)16(28)18(26,27)15(25)14(24)17(29)30-11/h2,6,10-15H,3-5,7,19-27H2,1H3/b8-6+,9-2-. The average Bonchev–Trinajstić information content (AvgIpc) is 2.71. The molecule has 0 amide bonds. The van der Waals surface area contributed by atoms with E-state index in [1.807, 2.05) is 0 Å². The van der Waals surface area contributed by atoms with Crippen molar-refractivity contribution in [3.05, 3.63) is 23.5 Å². The van der Waals surface area contributed by atoms with Crippen LogP contribution < -0.4 is 51.6 Å². The van der Waals surface area contributed by atoms with Crippen molar-refractivity contribution >= 4 is 11.8 Å². The third-order valence-electron chi connectivity index (χ3n) is 5.41. The molecule has 18 N–H and O–H groups in total. The maximum absolute atomic E-state index is 12.8. The molecule has 0 bridgehead atoms. The molecule has 0 fully saturated rings. The quantitative estimate of drug-likeness (QED) is 0.143. The molecule has 0 saturated heterocycles. The lowest BCUT2D eigenvalue weighted by Gasteiger charge is -2.36. The predicted molar refractivity (Wildman–Crippen MR) is 115 cm³/mol. The molecule has 1 aliphatic rings. The number of hydrogen-bond donors (Lipinski definition) is 9. The highest BCUT2D eigenvalue weighted by molar-refractivity contribution is 5.94. The molecule has 0 aromatic rings. The Morgan fingerprint density at radius 2 is 1.73 bits per heavy atom. The first-order valence-corrected chi connectivity index (χ1v) is 9.81. The molecular weight excluding hydrogens is 390 g/mol. The Bertz CT molecular complexity index is 680. The molecule has 0 spiro atoms. The first kappa shape index (κ1) is 26.0. The molecule has 12 nitrogen and oxygen atoms in total. The van der Waals surface area contributed by atoms with E-state index in [4.69, 9.17) is 56.3 Å². The SMILES string of the molecule is C/C=C(\N)C1C/C=C(/N)CCCC(N)C(N)C(N)C(=O)C(N)(N)C(N)C(N)C(=O)O1. The van der Waals surface area contributed by atoms with Gasteiger partial charge in [-0.15, -0.1) is 0 Å². The molecule has 0 radical (unpaired) electrons. The van der Waals surface area contributed by atoms with Gasteiger partial charge in [0.1, 0.15) is 17.8 Å². The Morgan fingerprint density at radius 1 is 1.13 bits per heavy atom. The molecule has 172 valence electrons. The van der Waals surface area contributed by atoms with Crippen LogP contribution in [0.5, 0.6) is 0 Å². The van der Waals surface area contributed by atoms with Crippen molar-refractivity contribution in [3.8, 4) is 0 Å². The van der Waals surface area contributed by atoms with Gasteiger partial charge >= 0.3 is 5.97 Å². The lowest BCUT2D eigenvalue weighted by atomic mass is 9.84. The van der Waals surface area contributed by atoms with Crippen molar-refractivity contribution in [1.29, 1.82) is 0 Å². The number of carbonyl (C=O) groups excluding carboxylic acids is 2. The molecule has 0 aromatic heterocycles. The average molecular weight is 428 g/mol. The van der Waals surface area contributed by atoms with E-state index in [2.05, 4.69) is 0 Å². The monoisotopic (exact) mass is 427 g/mol. The third kappa shape index (κ3) is 6.22. The largest absolute Gasteiger partial charge is 0.454 e. The summed E-state index contributed by atoms with van der Waals surface area (Å²) in [5.74, 6) is -1.80. The van der Waals surface area contributed by atoms with Crippen molar-refractivity contribution in [3.63, 3.8) is 0 Å². The number of esters is 1. The molecular formula is C18H37N9O3. The molecule has 30 heavy (non-hydrogen) atoms. The summed E-state index contributed by atoms with van der Waals surface area (Å²) in [6, 6.07) is -5.88. The summed E-state index contributed by atoms with van der Waals surface area (Å²) >= 11 is 0. The summed E-state index contributed by atoms with van der Waals surface area (Å²) in [4.78, 5) is 25.4. The fourth-order valence-corrected chi connectivity index (χ4v) is 3.09. The van der Waals surface area contributed by atoms with Gasteiger partial charge in [-0.05, 0) is 26.2 Å². The van der Waals surface area contributed by atoms with Crippen molar-refractivity contribution in [1.82, 2.24) is 0 Å². The van der Waals surface area contributed by atoms with Crippen molar-refractivity contribution in [2.24, 2.45) is 51.6 Å². The van der Waals surface area contributed by atoms with Crippen LogP contribution in [0.4, 0.5) is 0 Å². The summed E-state index contributed by atoms with van der Waals surface area (Å²) in [7, 11) is 0. The van der Waals surface area contributed by atoms with E-state index in [0.717, 1.165) is 0 Å². The van der Waals surface area contributed by atoms with Gasteiger partial charge in [0.05, 0.1) is 12.1 Å². The van der Waals surface area contributed by atoms with Crippen LogP contribution in [0, 0.1) is 0 Å². The van der Waals surface area contributed by atoms with Gasteiger partial charge < -0.3 is 56.3 Å². The second-order valence-electron chi connectivity index (χ2n) is 7.74. The number of nitrogens with two attached hydrogens (primary N) is 9. The van der Waals surface area contributed by atoms with Gasteiger partial charge in [-0.25, -0.2) is 0 Å². The van der Waals surface area contributed by atoms with Crippen LogP contribution in [0.3, 0.4) is 0 Å². The van der Waals surface area contributed by atoms with E-state index in [-0.39, 0.29) is 6.42 Å². The van der Waals surface area contributed by atoms with E-state index < -0.39 is 53.7 Å². The van der Waals surface area contributed by atoms with E-state index >= 15 is 0 Å². The van der Waals surface area contributed by atoms with Crippen LogP contribution in [-0.2, 0) is 14.3 Å². The summed E-state index contributed by atoms with van der Waals surface area (Å²) in [5.41, 5.74) is 52.4. The lowest BCUT2D eigenvalue weighted by Crippen LogP contribution is -2.77. The molecule has 6 atom stereocenters. The number of Topliss-reactive ketones (excluding diaryl/α,β-unsaturated/α-hetero) is 1. The van der Waals surface area contributed by atoms with Gasteiger partial charge in [0.2, 0.25) is 0 Å². The zero-order valence-electron chi connectivity index (χ0n) is 17.4. The molecule has 1 aliphatic heterocycles. The van der Waals surface area contributed by atoms with Gasteiger partial charge in [-0.2, -0.15) is 0 Å². The van der Waals surface area contributed by atoms with Gasteiger partial charge in [0, 0.05) is 29.9 Å². The van der Waals surface area contributed by atoms with Crippen LogP contribution in [0.1, 0.15) is 32.6 Å². The first-order valence-electron chi connectivity index (χ1n) is 9.81. The van der Waals surface area contributed by atoms with E-state index in [0.29, 0.717) is 30.7 Å². The number of allylic oxidation sites excluding steroid dienone is 2. The molecule has 1 heterocycles. The zero-order valence-corrected chi connectivity index (χ0v) is 17.4. The van der Waals surface area contributed by atoms with Gasteiger partial charge in [-0.1, -0.05) is 12.2 Å². The molecule has 12 heteroatoms. The van der Waals surface area contributed by atoms with E-state index in [9.17, 15) is 9.59 Å². The fraction of sp³-hybridized carbons (Fsp3) is 0.667. The normalized spacial score (nSPS) is 37.2. The Labute approximate surface area is 176 Å². The number of hydrogen-bond acceptors (Lipinski definition) is 12. The smallest absolute Gasteiger partial charge is 0.325 e. The number of rotatable bonds is 1. The zero-order chi connectivity index (χ0) is 23.2. The molecule has 0 aliphatic carbocycles. The maximum atomic E-state index is 12.8. The topological polar surface area (TPSA) is 278 Å². The van der Waals surface area contributed by atoms with Gasteiger partial charge in [-0.3, -0.25) is 9.59 Å². The second-order valence-corrected chi connectivity index (χ2v) is 7.74. The van der Waals surface area contributed by atoms with Crippen molar-refractivity contribution in [2.75, 3.05) is 0 Å². The van der Waals surface area contributed by atoms with E-state index in [1.165, 1.54) is 0 Å². The first-order chi connectivity index (χ1) is 13.8. The van der Waals surface area contributed by atoms with Crippen LogP contribution in [-0.4, -0.2) is 53.7 Å². The molecule has 0 saturated carbocycles. The number of ether oxygens (including phenoxy) is 1. The Balaban J connectivity index is 3.28. The summed E-state index contributed by atoms with van der Waals surface area (Å²) in [5, 5.41) is 0. The summed E-state index contributed by atoms with van der Waals surface area (Å²) in [6.45, 7) is 1.69. The number of carbonyl (C=O) groups is 2. The maximum Gasteiger partial charge on any atom is 0.325 e. The van der Waals surface area contributed by atoms with Crippen molar-refractivity contribution < 1.29 is 14.3 Å². The molecule has 1 rings (SSSR count). The summed E-state index contributed by atoms with van der Waals surface area (Å²) in [6.07, 6.45) is 4.27. The highest BCUT2D eigenvalue weighted by atomic mass is 16.5. The van der Waals surface area contributed by atoms with E-state index in [1.54, 1.807) is 19.1 Å². The van der Waals surface area contributed by atoms with Crippen LogP contribution in [0.2, 0.25) is 0 Å². The molecule has 0 aromatic carbocycles. The Morgan fingerprint density at radius 3 is 2.30 bits per heavy atom. The third-order valence-corrected chi connectivity index (χ3v) is 5.41. The number of ketones is 1. The fourth-order valence-electron chi connectivity index (χ4n) is 3.09. The summed E-state index contributed by atoms with van der Waals surface area (Å²) < 4.78 is 5.39. The highest BCUT2D eigenvalue weighted by Crippen LogP contribution is 2.16.